The fraction of sp³-hybridized carbons (Fsp3) is 0.467. The lowest BCUT2D eigenvalue weighted by molar-refractivity contribution is -0.131. The maximum absolute atomic E-state index is 12.1. The number of nitrogens with zero attached hydrogens (tertiary/aromatic N) is 3. The number of likely N-dealkylation sites (N-methyl/N-ethyl adjacent to an activating group) is 1. The normalized spacial score (nSPS) is 10.9. The van der Waals surface area contributed by atoms with E-state index in [0.717, 1.165) is 17.0 Å². The lowest BCUT2D eigenvalue weighted by atomic mass is 10.2. The van der Waals surface area contributed by atoms with E-state index < -0.39 is 0 Å². The van der Waals surface area contributed by atoms with Crippen LogP contribution in [0.15, 0.2) is 24.4 Å². The van der Waals surface area contributed by atoms with Crippen molar-refractivity contribution in [2.24, 2.45) is 0 Å². The van der Waals surface area contributed by atoms with Gasteiger partial charge in [0.25, 0.3) is 0 Å². The molecule has 108 valence electrons. The average molecular weight is 275 g/mol. The molecule has 1 amide bonds. The Morgan fingerprint density at radius 3 is 2.95 bits per heavy atom. The highest BCUT2D eigenvalue weighted by atomic mass is 16.3. The number of aryl methyl sites for hydroxylation is 2. The summed E-state index contributed by atoms with van der Waals surface area (Å²) < 4.78 is 2.03. The Kier molecular flexibility index (Phi) is 4.74. The van der Waals surface area contributed by atoms with E-state index in [4.69, 9.17) is 5.11 Å². The molecular weight excluding hydrogens is 254 g/mol. The van der Waals surface area contributed by atoms with Crippen LogP contribution in [0.2, 0.25) is 0 Å². The molecule has 0 unspecified atom stereocenters. The average Bonchev–Trinajstić information content (AvgIpc) is 2.77. The third kappa shape index (κ3) is 2.99. The van der Waals surface area contributed by atoms with Gasteiger partial charge in [-0.05, 0) is 32.4 Å². The number of hydrogen-bond donors (Lipinski definition) is 1. The number of aromatic nitrogens is 2. The topological polar surface area (TPSA) is 57.8 Å². The standard InChI is InChI=1S/C15H21N3O2/c1-3-17(10-11-19)15(20)8-7-13-12(2)16-14-6-4-5-9-18(13)14/h4-6,9,19H,3,7-8,10-11H2,1-2H3. The van der Waals surface area contributed by atoms with Gasteiger partial charge in [0.1, 0.15) is 5.65 Å². The van der Waals surface area contributed by atoms with E-state index in [-0.39, 0.29) is 12.5 Å². The number of fused-ring (bicyclic) bond motifs is 1. The smallest absolute Gasteiger partial charge is 0.223 e. The van der Waals surface area contributed by atoms with Crippen molar-refractivity contribution < 1.29 is 9.90 Å². The van der Waals surface area contributed by atoms with Crippen LogP contribution in [0.1, 0.15) is 24.7 Å². The van der Waals surface area contributed by atoms with E-state index in [1.165, 1.54) is 0 Å². The molecule has 0 spiro atoms. The summed E-state index contributed by atoms with van der Waals surface area (Å²) in [6.45, 7) is 4.94. The molecule has 0 saturated heterocycles. The summed E-state index contributed by atoms with van der Waals surface area (Å²) in [4.78, 5) is 18.3. The highest BCUT2D eigenvalue weighted by Crippen LogP contribution is 2.14. The van der Waals surface area contributed by atoms with Gasteiger partial charge < -0.3 is 14.4 Å². The van der Waals surface area contributed by atoms with Crippen LogP contribution in [-0.4, -0.2) is 45.0 Å². The van der Waals surface area contributed by atoms with Crippen LogP contribution in [0.5, 0.6) is 0 Å². The fourth-order valence-electron chi connectivity index (χ4n) is 2.43. The molecule has 0 bridgehead atoms. The number of carbonyl (C=O) groups excluding carboxylic acids is 1. The Labute approximate surface area is 118 Å². The summed E-state index contributed by atoms with van der Waals surface area (Å²) in [5.74, 6) is 0.0758. The van der Waals surface area contributed by atoms with Gasteiger partial charge >= 0.3 is 0 Å². The highest BCUT2D eigenvalue weighted by Gasteiger charge is 2.14. The molecule has 0 aliphatic heterocycles. The number of carbonyl (C=O) groups is 1. The Morgan fingerprint density at radius 2 is 2.25 bits per heavy atom. The van der Waals surface area contributed by atoms with E-state index in [1.54, 1.807) is 4.90 Å². The second-order valence-electron chi connectivity index (χ2n) is 4.77. The maximum Gasteiger partial charge on any atom is 0.223 e. The summed E-state index contributed by atoms with van der Waals surface area (Å²) in [5, 5.41) is 8.95. The van der Waals surface area contributed by atoms with E-state index in [0.29, 0.717) is 25.9 Å². The van der Waals surface area contributed by atoms with E-state index in [9.17, 15) is 4.79 Å². The number of rotatable bonds is 6. The van der Waals surface area contributed by atoms with E-state index in [2.05, 4.69) is 4.98 Å². The molecule has 0 aliphatic carbocycles. The van der Waals surface area contributed by atoms with Crippen molar-refractivity contribution in [3.8, 4) is 0 Å². The minimum absolute atomic E-state index is 0.00816. The quantitative estimate of drug-likeness (QED) is 0.867. The molecule has 5 heteroatoms. The zero-order valence-electron chi connectivity index (χ0n) is 12.0. The third-order valence-corrected chi connectivity index (χ3v) is 3.51. The number of hydrogen-bond acceptors (Lipinski definition) is 3. The molecule has 0 aliphatic rings. The van der Waals surface area contributed by atoms with Gasteiger partial charge in [0, 0.05) is 31.4 Å². The summed E-state index contributed by atoms with van der Waals surface area (Å²) in [6.07, 6.45) is 3.08. The number of aliphatic hydroxyl groups is 1. The zero-order valence-corrected chi connectivity index (χ0v) is 12.0. The Bertz CT molecular complexity index is 592. The summed E-state index contributed by atoms with van der Waals surface area (Å²) >= 11 is 0. The van der Waals surface area contributed by atoms with Crippen LogP contribution in [0, 0.1) is 6.92 Å². The van der Waals surface area contributed by atoms with Gasteiger partial charge in [0.2, 0.25) is 5.91 Å². The van der Waals surface area contributed by atoms with E-state index >= 15 is 0 Å². The zero-order chi connectivity index (χ0) is 14.5. The molecule has 2 aromatic rings. The molecule has 20 heavy (non-hydrogen) atoms. The Balaban J connectivity index is 2.09. The molecular formula is C15H21N3O2. The number of pyridine rings is 1. The molecule has 0 fully saturated rings. The SMILES string of the molecule is CCN(CCO)C(=O)CCc1c(C)nc2ccccn12. The van der Waals surface area contributed by atoms with Crippen LogP contribution in [0.4, 0.5) is 0 Å². The van der Waals surface area contributed by atoms with Gasteiger partial charge in [-0.15, -0.1) is 0 Å². The minimum Gasteiger partial charge on any atom is -0.395 e. The van der Waals surface area contributed by atoms with Crippen molar-refractivity contribution in [1.29, 1.82) is 0 Å². The second-order valence-corrected chi connectivity index (χ2v) is 4.77. The first-order chi connectivity index (χ1) is 9.67. The molecule has 0 aromatic carbocycles. The van der Waals surface area contributed by atoms with Gasteiger partial charge in [-0.25, -0.2) is 4.98 Å². The second kappa shape index (κ2) is 6.52. The van der Waals surface area contributed by atoms with Crippen molar-refractivity contribution in [1.82, 2.24) is 14.3 Å². The lowest BCUT2D eigenvalue weighted by Gasteiger charge is -2.19. The molecule has 5 nitrogen and oxygen atoms in total. The van der Waals surface area contributed by atoms with Crippen molar-refractivity contribution >= 4 is 11.6 Å². The fourth-order valence-corrected chi connectivity index (χ4v) is 2.43. The largest absolute Gasteiger partial charge is 0.395 e. The molecule has 0 radical (unpaired) electrons. The maximum atomic E-state index is 12.1. The van der Waals surface area contributed by atoms with Crippen molar-refractivity contribution in [2.75, 3.05) is 19.7 Å². The van der Waals surface area contributed by atoms with E-state index in [1.807, 2.05) is 42.6 Å². The monoisotopic (exact) mass is 275 g/mol. The molecule has 2 aromatic heterocycles. The van der Waals surface area contributed by atoms with Crippen molar-refractivity contribution in [2.45, 2.75) is 26.7 Å². The van der Waals surface area contributed by atoms with Crippen LogP contribution in [0.25, 0.3) is 5.65 Å². The van der Waals surface area contributed by atoms with Gasteiger partial charge in [-0.1, -0.05) is 6.07 Å². The minimum atomic E-state index is 0.00816. The molecule has 0 saturated carbocycles. The summed E-state index contributed by atoms with van der Waals surface area (Å²) in [7, 11) is 0. The molecule has 0 atom stereocenters. The van der Waals surface area contributed by atoms with Crippen LogP contribution in [0.3, 0.4) is 0 Å². The van der Waals surface area contributed by atoms with Gasteiger partial charge in [0.05, 0.1) is 12.3 Å². The number of amides is 1. The molecule has 2 rings (SSSR count). The number of imidazole rings is 1. The number of aliphatic hydroxyl groups excluding tert-OH is 1. The highest BCUT2D eigenvalue weighted by molar-refractivity contribution is 5.76. The lowest BCUT2D eigenvalue weighted by Crippen LogP contribution is -2.33. The molecule has 1 N–H and O–H groups in total. The summed E-state index contributed by atoms with van der Waals surface area (Å²) in [5.41, 5.74) is 2.96. The predicted molar refractivity (Wildman–Crippen MR) is 77.6 cm³/mol. The predicted octanol–water partition coefficient (Wildman–Crippen LogP) is 1.42. The first kappa shape index (κ1) is 14.5. The Hall–Kier alpha value is -1.88. The van der Waals surface area contributed by atoms with Gasteiger partial charge in [-0.3, -0.25) is 4.79 Å². The van der Waals surface area contributed by atoms with Crippen molar-refractivity contribution in [3.63, 3.8) is 0 Å². The van der Waals surface area contributed by atoms with Crippen molar-refractivity contribution in [3.05, 3.63) is 35.8 Å². The van der Waals surface area contributed by atoms with Crippen LogP contribution >= 0.6 is 0 Å². The Morgan fingerprint density at radius 1 is 1.45 bits per heavy atom. The van der Waals surface area contributed by atoms with Gasteiger partial charge in [-0.2, -0.15) is 0 Å². The van der Waals surface area contributed by atoms with Crippen LogP contribution < -0.4 is 0 Å². The summed E-state index contributed by atoms with van der Waals surface area (Å²) in [6, 6.07) is 5.88. The first-order valence-corrected chi connectivity index (χ1v) is 6.98. The van der Waals surface area contributed by atoms with Crippen LogP contribution in [-0.2, 0) is 11.2 Å². The first-order valence-electron chi connectivity index (χ1n) is 6.98. The third-order valence-electron chi connectivity index (χ3n) is 3.51. The van der Waals surface area contributed by atoms with Gasteiger partial charge in [0.15, 0.2) is 0 Å². The molecule has 2 heterocycles.